The summed E-state index contributed by atoms with van der Waals surface area (Å²) < 4.78 is 0. The van der Waals surface area contributed by atoms with Gasteiger partial charge in [0, 0.05) is 5.71 Å². The van der Waals surface area contributed by atoms with Crippen molar-refractivity contribution < 1.29 is 0 Å². The molecular formula is C4H12N4. The summed E-state index contributed by atoms with van der Waals surface area (Å²) in [6.45, 7) is 3.50. The summed E-state index contributed by atoms with van der Waals surface area (Å²) in [6.07, 6.45) is 0. The van der Waals surface area contributed by atoms with Crippen molar-refractivity contribution in [1.82, 2.24) is 0 Å². The summed E-state index contributed by atoms with van der Waals surface area (Å²) >= 11 is 0. The van der Waals surface area contributed by atoms with Gasteiger partial charge in [0.2, 0.25) is 0 Å². The maximum Gasteiger partial charge on any atom is 0.183 e. The molecular weight excluding hydrogens is 104 g/mol. The lowest BCUT2D eigenvalue weighted by Crippen LogP contribution is -2.20. The summed E-state index contributed by atoms with van der Waals surface area (Å²) in [5.41, 5.74) is 9.61. The summed E-state index contributed by atoms with van der Waals surface area (Å²) in [7, 11) is 0. The molecule has 0 aromatic rings. The van der Waals surface area contributed by atoms with Crippen molar-refractivity contribution in [3.8, 4) is 0 Å². The highest BCUT2D eigenvalue weighted by Crippen LogP contribution is 1.52. The predicted octanol–water partition coefficient (Wildman–Crippen LogP) is -0.115. The van der Waals surface area contributed by atoms with E-state index in [9.17, 15) is 0 Å². The Hall–Kier alpha value is -1.06. The smallest absolute Gasteiger partial charge is 0.183 e. The van der Waals surface area contributed by atoms with Crippen molar-refractivity contribution in [2.75, 3.05) is 0 Å². The summed E-state index contributed by atoms with van der Waals surface area (Å²) in [5.74, 6) is -0.333. The molecule has 0 radical (unpaired) electrons. The molecule has 0 heterocycles. The van der Waals surface area contributed by atoms with Crippen molar-refractivity contribution >= 4 is 11.7 Å². The Morgan fingerprint density at radius 3 is 1.12 bits per heavy atom. The highest BCUT2D eigenvalue weighted by Gasteiger charge is 1.55. The average molecular weight is 116 g/mol. The number of hydrogen-bond acceptors (Lipinski definition) is 2. The first-order valence-electron chi connectivity index (χ1n) is 2.08. The maximum absolute atomic E-state index is 6.50. The van der Waals surface area contributed by atoms with Crippen molar-refractivity contribution in [2.45, 2.75) is 13.8 Å². The summed E-state index contributed by atoms with van der Waals surface area (Å²) in [6, 6.07) is 0. The van der Waals surface area contributed by atoms with Crippen LogP contribution in [-0.4, -0.2) is 11.7 Å². The van der Waals surface area contributed by atoms with Crippen LogP contribution in [0.4, 0.5) is 0 Å². The summed E-state index contributed by atoms with van der Waals surface area (Å²) in [4.78, 5) is 0. The molecule has 0 aliphatic rings. The van der Waals surface area contributed by atoms with E-state index in [4.69, 9.17) is 10.8 Å². The molecule has 0 amide bonds. The van der Waals surface area contributed by atoms with Crippen LogP contribution in [0.15, 0.2) is 0 Å². The van der Waals surface area contributed by atoms with Gasteiger partial charge in [-0.3, -0.25) is 5.41 Å². The Morgan fingerprint density at radius 2 is 1.12 bits per heavy atom. The largest absolute Gasteiger partial charge is 0.370 e. The Kier molecular flexibility index (Phi) is 7.45. The van der Waals surface area contributed by atoms with Crippen LogP contribution >= 0.6 is 0 Å². The molecule has 0 saturated heterocycles. The lowest BCUT2D eigenvalue weighted by Gasteiger charge is -1.69. The number of guanidine groups is 1. The molecule has 0 aliphatic heterocycles. The molecule has 0 rings (SSSR count). The predicted molar refractivity (Wildman–Crippen MR) is 35.2 cm³/mol. The fourth-order valence-electron chi connectivity index (χ4n) is 0. The van der Waals surface area contributed by atoms with Crippen LogP contribution < -0.4 is 11.5 Å². The maximum atomic E-state index is 6.50. The standard InChI is InChI=1S/C3H7N.CH5N3/c1-3(2)4;2-1(3)4/h4H,1-2H3;(H5,2,3,4). The Morgan fingerprint density at radius 1 is 1.12 bits per heavy atom. The van der Waals surface area contributed by atoms with Gasteiger partial charge in [0.05, 0.1) is 0 Å². The first-order valence-corrected chi connectivity index (χ1v) is 2.08. The van der Waals surface area contributed by atoms with Crippen molar-refractivity contribution in [3.63, 3.8) is 0 Å². The lowest BCUT2D eigenvalue weighted by atomic mass is 10.5. The first-order chi connectivity index (χ1) is 3.46. The second-order valence-electron chi connectivity index (χ2n) is 1.46. The van der Waals surface area contributed by atoms with Gasteiger partial charge in [0.15, 0.2) is 5.96 Å². The van der Waals surface area contributed by atoms with E-state index in [2.05, 4.69) is 11.5 Å². The minimum Gasteiger partial charge on any atom is -0.370 e. The molecule has 4 heteroatoms. The second kappa shape index (κ2) is 5.94. The van der Waals surface area contributed by atoms with Crippen molar-refractivity contribution in [2.24, 2.45) is 11.5 Å². The molecule has 0 unspecified atom stereocenters. The molecule has 0 saturated carbocycles. The highest BCUT2D eigenvalue weighted by atomic mass is 14.9. The third kappa shape index (κ3) is 68.3. The van der Waals surface area contributed by atoms with Crippen LogP contribution in [0, 0.1) is 10.8 Å². The minimum atomic E-state index is -0.333. The quantitative estimate of drug-likeness (QED) is 0.262. The Bertz CT molecular complexity index is 66.0. The van der Waals surface area contributed by atoms with Gasteiger partial charge in [-0.05, 0) is 13.8 Å². The molecule has 0 aromatic heterocycles. The normalized spacial score (nSPS) is 6.25. The molecule has 6 N–H and O–H groups in total. The molecule has 0 fully saturated rings. The van der Waals surface area contributed by atoms with Gasteiger partial charge in [-0.25, -0.2) is 0 Å². The van der Waals surface area contributed by atoms with E-state index in [-0.39, 0.29) is 5.96 Å². The molecule has 0 aromatic carbocycles. The highest BCUT2D eigenvalue weighted by molar-refractivity contribution is 5.75. The minimum absolute atomic E-state index is 0.333. The van der Waals surface area contributed by atoms with Gasteiger partial charge in [-0.15, -0.1) is 0 Å². The third-order valence-corrected chi connectivity index (χ3v) is 0. The van der Waals surface area contributed by atoms with Crippen molar-refractivity contribution in [1.29, 1.82) is 10.8 Å². The second-order valence-corrected chi connectivity index (χ2v) is 1.46. The Balaban J connectivity index is 0. The summed E-state index contributed by atoms with van der Waals surface area (Å²) in [5, 5.41) is 12.6. The monoisotopic (exact) mass is 116 g/mol. The van der Waals surface area contributed by atoms with Gasteiger partial charge < -0.3 is 16.9 Å². The van der Waals surface area contributed by atoms with Gasteiger partial charge in [-0.2, -0.15) is 0 Å². The van der Waals surface area contributed by atoms with E-state index in [1.165, 1.54) is 0 Å². The molecule has 48 valence electrons. The zero-order chi connectivity index (χ0) is 7.15. The van der Waals surface area contributed by atoms with Crippen LogP contribution in [0.25, 0.3) is 0 Å². The molecule has 4 nitrogen and oxygen atoms in total. The average Bonchev–Trinajstić information content (AvgIpc) is 1.25. The van der Waals surface area contributed by atoms with Crippen LogP contribution in [0.2, 0.25) is 0 Å². The number of hydrogen-bond donors (Lipinski definition) is 4. The van der Waals surface area contributed by atoms with E-state index in [0.29, 0.717) is 5.71 Å². The Labute approximate surface area is 48.9 Å². The number of rotatable bonds is 0. The topological polar surface area (TPSA) is 99.7 Å². The molecule has 0 aliphatic carbocycles. The first kappa shape index (κ1) is 10.0. The van der Waals surface area contributed by atoms with Crippen LogP contribution in [0.1, 0.15) is 13.8 Å². The fraction of sp³-hybridized carbons (Fsp3) is 0.500. The molecule has 8 heavy (non-hydrogen) atoms. The van der Waals surface area contributed by atoms with Crippen LogP contribution in [0.3, 0.4) is 0 Å². The van der Waals surface area contributed by atoms with Crippen molar-refractivity contribution in [3.05, 3.63) is 0 Å². The third-order valence-electron chi connectivity index (χ3n) is 0. The fourth-order valence-corrected chi connectivity index (χ4v) is 0. The van der Waals surface area contributed by atoms with Gasteiger partial charge in [0.25, 0.3) is 0 Å². The van der Waals surface area contributed by atoms with E-state index in [1.807, 2.05) is 0 Å². The van der Waals surface area contributed by atoms with E-state index >= 15 is 0 Å². The van der Waals surface area contributed by atoms with E-state index in [1.54, 1.807) is 13.8 Å². The van der Waals surface area contributed by atoms with Gasteiger partial charge >= 0.3 is 0 Å². The van der Waals surface area contributed by atoms with E-state index in [0.717, 1.165) is 0 Å². The van der Waals surface area contributed by atoms with Gasteiger partial charge in [-0.1, -0.05) is 0 Å². The number of nitrogens with one attached hydrogen (secondary N) is 2. The van der Waals surface area contributed by atoms with Gasteiger partial charge in [0.1, 0.15) is 0 Å². The molecule has 0 atom stereocenters. The zero-order valence-corrected chi connectivity index (χ0v) is 5.15. The molecule has 0 bridgehead atoms. The van der Waals surface area contributed by atoms with E-state index < -0.39 is 0 Å². The SMILES string of the molecule is CC(C)=N.N=C(N)N. The number of nitrogens with two attached hydrogens (primary N) is 2. The van der Waals surface area contributed by atoms with Crippen LogP contribution in [-0.2, 0) is 0 Å². The molecule has 0 spiro atoms. The van der Waals surface area contributed by atoms with Crippen LogP contribution in [0.5, 0.6) is 0 Å². The zero-order valence-electron chi connectivity index (χ0n) is 5.15. The lowest BCUT2D eigenvalue weighted by molar-refractivity contribution is 1.39.